The fourth-order valence-electron chi connectivity index (χ4n) is 1.78. The number of hydrogen-bond acceptors (Lipinski definition) is 3. The number of carbonyl (C=O) groups is 1. The van der Waals surface area contributed by atoms with Gasteiger partial charge in [-0.15, -0.1) is 0 Å². The Balaban J connectivity index is 2.22. The van der Waals surface area contributed by atoms with Crippen LogP contribution < -0.4 is 0 Å². The normalized spacial score (nSPS) is 11.8. The molecular formula is C16H24O3Si. The molecule has 20 heavy (non-hydrogen) atoms. The van der Waals surface area contributed by atoms with Crippen LogP contribution in [-0.4, -0.2) is 20.9 Å². The van der Waals surface area contributed by atoms with Crippen molar-refractivity contribution in [2.24, 2.45) is 0 Å². The Hall–Kier alpha value is -1.39. The van der Waals surface area contributed by atoms with Crippen molar-refractivity contribution in [1.29, 1.82) is 0 Å². The Morgan fingerprint density at radius 2 is 1.95 bits per heavy atom. The van der Waals surface area contributed by atoms with Crippen LogP contribution in [0.2, 0.25) is 19.1 Å². The largest absolute Gasteiger partial charge is 0.463 e. The molecule has 0 atom stereocenters. The van der Waals surface area contributed by atoms with E-state index in [4.69, 9.17) is 9.16 Å². The molecule has 0 saturated carbocycles. The summed E-state index contributed by atoms with van der Waals surface area (Å²) >= 11 is 0. The molecule has 0 aliphatic rings. The molecule has 0 aliphatic carbocycles. The molecule has 0 heterocycles. The minimum Gasteiger partial charge on any atom is -0.463 e. The summed E-state index contributed by atoms with van der Waals surface area (Å²) in [4.78, 5) is 11.1. The summed E-state index contributed by atoms with van der Waals surface area (Å²) in [5.41, 5.74) is 1.20. The van der Waals surface area contributed by atoms with Crippen LogP contribution in [0.1, 0.15) is 18.9 Å². The van der Waals surface area contributed by atoms with Crippen molar-refractivity contribution in [2.45, 2.75) is 39.1 Å². The van der Waals surface area contributed by atoms with Crippen molar-refractivity contribution in [1.82, 2.24) is 0 Å². The molecule has 0 fully saturated rings. The Labute approximate surface area is 122 Å². The van der Waals surface area contributed by atoms with Gasteiger partial charge >= 0.3 is 5.97 Å². The molecule has 0 saturated heterocycles. The highest BCUT2D eigenvalue weighted by Gasteiger charge is 2.22. The van der Waals surface area contributed by atoms with Crippen molar-refractivity contribution in [3.63, 3.8) is 0 Å². The number of hydrogen-bond donors (Lipinski definition) is 0. The van der Waals surface area contributed by atoms with Crippen molar-refractivity contribution < 1.29 is 14.0 Å². The van der Waals surface area contributed by atoms with Crippen molar-refractivity contribution in [2.75, 3.05) is 6.61 Å². The summed E-state index contributed by atoms with van der Waals surface area (Å²) < 4.78 is 11.1. The maximum absolute atomic E-state index is 11.1. The first-order chi connectivity index (χ1) is 9.53. The van der Waals surface area contributed by atoms with Gasteiger partial charge in [-0.1, -0.05) is 36.4 Å². The molecule has 0 unspecified atom stereocenters. The third-order valence-corrected chi connectivity index (χ3v) is 5.43. The number of ether oxygens (including phenoxy) is 1. The monoisotopic (exact) mass is 292 g/mol. The quantitative estimate of drug-likeness (QED) is 0.315. The summed E-state index contributed by atoms with van der Waals surface area (Å²) in [6.07, 6.45) is 3.98. The fraction of sp³-hybridized carbons (Fsp3) is 0.438. The second-order valence-electron chi connectivity index (χ2n) is 5.31. The molecule has 1 aromatic carbocycles. The van der Waals surface area contributed by atoms with Gasteiger partial charge in [-0.3, -0.25) is 0 Å². The topological polar surface area (TPSA) is 35.5 Å². The van der Waals surface area contributed by atoms with Gasteiger partial charge in [-0.2, -0.15) is 0 Å². The Bertz CT molecular complexity index is 427. The van der Waals surface area contributed by atoms with Crippen molar-refractivity contribution in [3.8, 4) is 0 Å². The van der Waals surface area contributed by atoms with Crippen LogP contribution in [0, 0.1) is 0 Å². The minimum absolute atomic E-state index is 0.267. The number of esters is 1. The SMILES string of the molecule is CC=CC(=O)OCCC[Si](C)(C)OCc1ccccc1. The second kappa shape index (κ2) is 8.71. The van der Waals surface area contributed by atoms with Crippen LogP contribution in [0.4, 0.5) is 0 Å². The van der Waals surface area contributed by atoms with E-state index in [-0.39, 0.29) is 5.97 Å². The lowest BCUT2D eigenvalue weighted by Crippen LogP contribution is -2.30. The fourth-order valence-corrected chi connectivity index (χ4v) is 3.48. The average molecular weight is 292 g/mol. The van der Waals surface area contributed by atoms with Gasteiger partial charge in [-0.25, -0.2) is 4.79 Å². The minimum atomic E-state index is -1.69. The van der Waals surface area contributed by atoms with Crippen LogP contribution in [-0.2, 0) is 20.6 Å². The van der Waals surface area contributed by atoms with E-state index in [1.54, 1.807) is 13.0 Å². The Morgan fingerprint density at radius 1 is 1.25 bits per heavy atom. The predicted octanol–water partition coefficient (Wildman–Crippen LogP) is 3.92. The maximum Gasteiger partial charge on any atom is 0.330 e. The van der Waals surface area contributed by atoms with Gasteiger partial charge in [-0.05, 0) is 38.0 Å². The highest BCUT2D eigenvalue weighted by Crippen LogP contribution is 2.16. The summed E-state index contributed by atoms with van der Waals surface area (Å²) in [5.74, 6) is -0.267. The Kier molecular flexibility index (Phi) is 7.26. The zero-order valence-corrected chi connectivity index (χ0v) is 13.6. The van der Waals surface area contributed by atoms with E-state index in [0.29, 0.717) is 13.2 Å². The van der Waals surface area contributed by atoms with Crippen LogP contribution in [0.25, 0.3) is 0 Å². The van der Waals surface area contributed by atoms with E-state index >= 15 is 0 Å². The van der Waals surface area contributed by atoms with Gasteiger partial charge < -0.3 is 9.16 Å². The highest BCUT2D eigenvalue weighted by atomic mass is 28.4. The van der Waals surface area contributed by atoms with Crippen molar-refractivity contribution in [3.05, 3.63) is 48.0 Å². The first-order valence-electron chi connectivity index (χ1n) is 7.01. The summed E-state index contributed by atoms with van der Waals surface area (Å²) in [6, 6.07) is 11.2. The molecule has 110 valence electrons. The number of rotatable bonds is 8. The highest BCUT2D eigenvalue weighted by molar-refractivity contribution is 6.71. The van der Waals surface area contributed by atoms with Crippen LogP contribution in [0.5, 0.6) is 0 Å². The van der Waals surface area contributed by atoms with E-state index in [9.17, 15) is 4.79 Å². The molecule has 0 amide bonds. The molecule has 1 aromatic rings. The summed E-state index contributed by atoms with van der Waals surface area (Å²) in [6.45, 7) is 7.33. The van der Waals surface area contributed by atoms with Crippen molar-refractivity contribution >= 4 is 14.3 Å². The Morgan fingerprint density at radius 3 is 2.60 bits per heavy atom. The van der Waals surface area contributed by atoms with E-state index in [0.717, 1.165) is 12.5 Å². The molecule has 4 heteroatoms. The molecule has 0 aromatic heterocycles. The maximum atomic E-state index is 11.1. The molecule has 3 nitrogen and oxygen atoms in total. The molecule has 0 radical (unpaired) electrons. The van der Waals surface area contributed by atoms with E-state index < -0.39 is 8.32 Å². The molecule has 1 rings (SSSR count). The zero-order valence-electron chi connectivity index (χ0n) is 12.6. The third kappa shape index (κ3) is 7.26. The second-order valence-corrected chi connectivity index (χ2v) is 9.61. The van der Waals surface area contributed by atoms with Gasteiger partial charge in [0.15, 0.2) is 8.32 Å². The summed E-state index contributed by atoms with van der Waals surface area (Å²) in [7, 11) is -1.69. The molecular weight excluding hydrogens is 268 g/mol. The average Bonchev–Trinajstić information content (AvgIpc) is 2.43. The predicted molar refractivity (Wildman–Crippen MR) is 83.9 cm³/mol. The van der Waals surface area contributed by atoms with Crippen LogP contribution in [0.15, 0.2) is 42.5 Å². The van der Waals surface area contributed by atoms with Gasteiger partial charge in [0, 0.05) is 6.08 Å². The van der Waals surface area contributed by atoms with Gasteiger partial charge in [0.25, 0.3) is 0 Å². The standard InChI is InChI=1S/C16H24O3Si/c1-4-9-16(17)18-12-8-13-20(2,3)19-14-15-10-6-5-7-11-15/h4-7,9-11H,8,12-14H2,1-3H3. The van der Waals surface area contributed by atoms with E-state index in [1.165, 1.54) is 11.6 Å². The zero-order chi connectivity index (χ0) is 14.8. The summed E-state index contributed by atoms with van der Waals surface area (Å²) in [5, 5.41) is 0. The lowest BCUT2D eigenvalue weighted by Gasteiger charge is -2.22. The lowest BCUT2D eigenvalue weighted by atomic mass is 10.2. The molecule has 0 spiro atoms. The molecule has 0 bridgehead atoms. The lowest BCUT2D eigenvalue weighted by molar-refractivity contribution is -0.137. The van der Waals surface area contributed by atoms with Gasteiger partial charge in [0.2, 0.25) is 0 Å². The van der Waals surface area contributed by atoms with E-state index in [1.807, 2.05) is 18.2 Å². The first kappa shape index (κ1) is 16.7. The van der Waals surface area contributed by atoms with Crippen LogP contribution in [0.3, 0.4) is 0 Å². The molecule has 0 aliphatic heterocycles. The third-order valence-electron chi connectivity index (χ3n) is 2.94. The number of carbonyl (C=O) groups excluding carboxylic acids is 1. The number of benzene rings is 1. The van der Waals surface area contributed by atoms with Gasteiger partial charge in [0.05, 0.1) is 13.2 Å². The van der Waals surface area contributed by atoms with Crippen LogP contribution >= 0.6 is 0 Å². The first-order valence-corrected chi connectivity index (χ1v) is 10.1. The smallest absolute Gasteiger partial charge is 0.330 e. The molecule has 0 N–H and O–H groups in total. The van der Waals surface area contributed by atoms with Gasteiger partial charge in [0.1, 0.15) is 0 Å². The number of allylic oxidation sites excluding steroid dienone is 1. The van der Waals surface area contributed by atoms with E-state index in [2.05, 4.69) is 25.2 Å².